The number of aromatic nitrogens is 2. The minimum absolute atomic E-state index is 0. The smallest absolute Gasteiger partial charge is 0.259 e. The molecule has 2 heterocycles. The van der Waals surface area contributed by atoms with Gasteiger partial charge in [0.2, 0.25) is 0 Å². The Bertz CT molecular complexity index is 882. The zero-order chi connectivity index (χ0) is 21.5. The van der Waals surface area contributed by atoms with Gasteiger partial charge in [0.25, 0.3) is 5.91 Å². The van der Waals surface area contributed by atoms with Crippen molar-refractivity contribution in [3.63, 3.8) is 0 Å². The number of hydrogen-bond acceptors (Lipinski definition) is 4. The van der Waals surface area contributed by atoms with Crippen molar-refractivity contribution in [2.75, 3.05) is 40.3 Å². The highest BCUT2D eigenvalue weighted by Gasteiger charge is 2.26. The third-order valence-corrected chi connectivity index (χ3v) is 5.19. The summed E-state index contributed by atoms with van der Waals surface area (Å²) in [5, 5.41) is 7.72. The van der Waals surface area contributed by atoms with Crippen LogP contribution in [0.5, 0.6) is 5.75 Å². The van der Waals surface area contributed by atoms with Gasteiger partial charge in [-0.1, -0.05) is 12.1 Å². The van der Waals surface area contributed by atoms with Crippen LogP contribution in [0, 0.1) is 0 Å². The molecule has 1 atom stereocenters. The molecule has 0 aliphatic carbocycles. The number of guanidine groups is 1. The maximum Gasteiger partial charge on any atom is 0.259 e. The molecule has 1 saturated heterocycles. The first-order valence-electron chi connectivity index (χ1n) is 10.4. The second-order valence-electron chi connectivity index (χ2n) is 7.77. The Morgan fingerprint density at radius 3 is 2.87 bits per heavy atom. The van der Waals surface area contributed by atoms with Crippen molar-refractivity contribution in [1.29, 1.82) is 0 Å². The van der Waals surface area contributed by atoms with Crippen LogP contribution >= 0.6 is 24.0 Å². The second kappa shape index (κ2) is 11.9. The molecule has 1 unspecified atom stereocenters. The fraction of sp³-hybridized carbons (Fsp3) is 0.500. The number of rotatable bonds is 7. The molecule has 170 valence electrons. The van der Waals surface area contributed by atoms with E-state index in [1.54, 1.807) is 14.1 Å². The highest BCUT2D eigenvalue weighted by Crippen LogP contribution is 2.26. The van der Waals surface area contributed by atoms with E-state index in [1.165, 1.54) is 10.5 Å². The van der Waals surface area contributed by atoms with Crippen molar-refractivity contribution < 1.29 is 9.53 Å². The van der Waals surface area contributed by atoms with E-state index in [9.17, 15) is 4.79 Å². The molecule has 8 nitrogen and oxygen atoms in total. The Labute approximate surface area is 201 Å². The molecule has 1 N–H and O–H groups in total. The van der Waals surface area contributed by atoms with Crippen LogP contribution in [-0.2, 0) is 18.4 Å². The largest absolute Gasteiger partial charge is 0.484 e. The molecule has 1 aliphatic heterocycles. The van der Waals surface area contributed by atoms with Gasteiger partial charge in [0, 0.05) is 52.9 Å². The Kier molecular flexibility index (Phi) is 9.60. The van der Waals surface area contributed by atoms with Crippen LogP contribution < -0.4 is 10.1 Å². The molecule has 1 aliphatic rings. The van der Waals surface area contributed by atoms with E-state index in [-0.39, 0.29) is 36.5 Å². The van der Waals surface area contributed by atoms with E-state index < -0.39 is 0 Å². The van der Waals surface area contributed by atoms with Crippen LogP contribution in [0.4, 0.5) is 0 Å². The first-order chi connectivity index (χ1) is 14.5. The molecule has 0 bridgehead atoms. The molecule has 1 amide bonds. The Morgan fingerprint density at radius 1 is 1.39 bits per heavy atom. The fourth-order valence-corrected chi connectivity index (χ4v) is 3.48. The maximum atomic E-state index is 11.7. The number of amides is 1. The van der Waals surface area contributed by atoms with Gasteiger partial charge in [0.15, 0.2) is 12.6 Å². The van der Waals surface area contributed by atoms with Gasteiger partial charge in [-0.3, -0.25) is 9.48 Å². The number of ether oxygens (including phenoxy) is 1. The van der Waals surface area contributed by atoms with Crippen molar-refractivity contribution in [3.8, 4) is 5.75 Å². The number of aliphatic imine (C=N–C) groups is 1. The molecule has 3 rings (SSSR count). The number of carbonyl (C=O) groups excluding carboxylic acids is 1. The number of hydrogen-bond donors (Lipinski definition) is 1. The molecule has 0 radical (unpaired) electrons. The number of benzene rings is 1. The highest BCUT2D eigenvalue weighted by atomic mass is 127. The molecule has 1 fully saturated rings. The van der Waals surface area contributed by atoms with Gasteiger partial charge in [-0.2, -0.15) is 5.10 Å². The number of nitrogens with zero attached hydrogens (tertiary/aromatic N) is 5. The van der Waals surface area contributed by atoms with Crippen LogP contribution in [0.3, 0.4) is 0 Å². The van der Waals surface area contributed by atoms with Crippen molar-refractivity contribution in [3.05, 3.63) is 47.8 Å². The zero-order valence-corrected chi connectivity index (χ0v) is 21.1. The highest BCUT2D eigenvalue weighted by molar-refractivity contribution is 14.0. The van der Waals surface area contributed by atoms with E-state index in [4.69, 9.17) is 9.73 Å². The summed E-state index contributed by atoms with van der Waals surface area (Å²) in [7, 11) is 5.39. The lowest BCUT2D eigenvalue weighted by molar-refractivity contribution is -0.130. The lowest BCUT2D eigenvalue weighted by Crippen LogP contribution is -2.40. The minimum atomic E-state index is -0.0648. The summed E-state index contributed by atoms with van der Waals surface area (Å²) >= 11 is 0. The summed E-state index contributed by atoms with van der Waals surface area (Å²) in [6.45, 7) is 5.40. The lowest BCUT2D eigenvalue weighted by atomic mass is 10.0. The topological polar surface area (TPSA) is 75.0 Å². The average molecular weight is 540 g/mol. The van der Waals surface area contributed by atoms with Gasteiger partial charge in [-0.25, -0.2) is 4.99 Å². The summed E-state index contributed by atoms with van der Waals surface area (Å²) < 4.78 is 7.47. The summed E-state index contributed by atoms with van der Waals surface area (Å²) in [4.78, 5) is 20.4. The quantitative estimate of drug-likeness (QED) is 0.332. The molecule has 9 heteroatoms. The van der Waals surface area contributed by atoms with E-state index in [2.05, 4.69) is 28.4 Å². The molecule has 1 aromatic carbocycles. The molecule has 0 saturated carbocycles. The number of carbonyl (C=O) groups is 1. The number of halogens is 1. The van der Waals surface area contributed by atoms with Gasteiger partial charge < -0.3 is 19.9 Å². The predicted molar refractivity (Wildman–Crippen MR) is 133 cm³/mol. The monoisotopic (exact) mass is 540 g/mol. The Morgan fingerprint density at radius 2 is 2.19 bits per heavy atom. The lowest BCUT2D eigenvalue weighted by Gasteiger charge is -2.21. The summed E-state index contributed by atoms with van der Waals surface area (Å²) in [6.07, 6.45) is 5.16. The van der Waals surface area contributed by atoms with Crippen molar-refractivity contribution in [1.82, 2.24) is 24.9 Å². The van der Waals surface area contributed by atoms with Gasteiger partial charge in [0.05, 0.1) is 12.7 Å². The number of nitrogens with one attached hydrogen (secondary N) is 1. The fourth-order valence-electron chi connectivity index (χ4n) is 3.48. The van der Waals surface area contributed by atoms with E-state index in [0.29, 0.717) is 18.2 Å². The van der Waals surface area contributed by atoms with Crippen LogP contribution in [0.2, 0.25) is 0 Å². The van der Waals surface area contributed by atoms with Gasteiger partial charge in [-0.05, 0) is 36.6 Å². The van der Waals surface area contributed by atoms with Crippen LogP contribution in [0.25, 0.3) is 0 Å². The van der Waals surface area contributed by atoms with Crippen molar-refractivity contribution >= 4 is 35.8 Å². The SMILES string of the molecule is CCNC(=NCc1cccc(OCC(=O)N(C)C)c1)N1CCC(c2cnn(C)c2)C1.I. The molecule has 31 heavy (non-hydrogen) atoms. The minimum Gasteiger partial charge on any atom is -0.484 e. The van der Waals surface area contributed by atoms with Gasteiger partial charge in [0.1, 0.15) is 5.75 Å². The van der Waals surface area contributed by atoms with Crippen LogP contribution in [0.15, 0.2) is 41.7 Å². The Hall–Kier alpha value is -2.30. The predicted octanol–water partition coefficient (Wildman–Crippen LogP) is 2.46. The summed E-state index contributed by atoms with van der Waals surface area (Å²) in [5.41, 5.74) is 2.33. The third kappa shape index (κ3) is 7.12. The molecular formula is C22H33IN6O2. The van der Waals surface area contributed by atoms with E-state index in [0.717, 1.165) is 37.6 Å². The van der Waals surface area contributed by atoms with E-state index >= 15 is 0 Å². The van der Waals surface area contributed by atoms with E-state index in [1.807, 2.05) is 42.2 Å². The zero-order valence-electron chi connectivity index (χ0n) is 18.7. The van der Waals surface area contributed by atoms with Crippen molar-refractivity contribution in [2.45, 2.75) is 25.8 Å². The van der Waals surface area contributed by atoms with Crippen LogP contribution in [-0.4, -0.2) is 71.8 Å². The number of aryl methyl sites for hydroxylation is 1. The molecule has 0 spiro atoms. The Balaban J connectivity index is 0.00000341. The molecule has 1 aromatic heterocycles. The average Bonchev–Trinajstić information content (AvgIpc) is 3.38. The third-order valence-electron chi connectivity index (χ3n) is 5.19. The first kappa shape index (κ1) is 25.0. The summed E-state index contributed by atoms with van der Waals surface area (Å²) in [6, 6.07) is 7.76. The first-order valence-corrected chi connectivity index (χ1v) is 10.4. The van der Waals surface area contributed by atoms with Crippen molar-refractivity contribution in [2.24, 2.45) is 12.0 Å². The normalized spacial score (nSPS) is 16.1. The number of likely N-dealkylation sites (N-methyl/N-ethyl adjacent to an activating group) is 1. The number of likely N-dealkylation sites (tertiary alicyclic amines) is 1. The van der Waals surface area contributed by atoms with Crippen LogP contribution in [0.1, 0.15) is 30.4 Å². The maximum absolute atomic E-state index is 11.7. The van der Waals surface area contributed by atoms with Gasteiger partial charge >= 0.3 is 0 Å². The second-order valence-corrected chi connectivity index (χ2v) is 7.77. The molecule has 2 aromatic rings. The van der Waals surface area contributed by atoms with Gasteiger partial charge in [-0.15, -0.1) is 24.0 Å². The standard InChI is InChI=1S/C22H32N6O2.HI/c1-5-23-22(28-10-9-18(15-28)19-13-25-27(4)14-19)24-12-17-7-6-8-20(11-17)30-16-21(29)26(2)3;/h6-8,11,13-14,18H,5,9-10,12,15-16H2,1-4H3,(H,23,24);1H. The summed E-state index contributed by atoms with van der Waals surface area (Å²) in [5.74, 6) is 2.03. The molecular weight excluding hydrogens is 507 g/mol.